The number of ether oxygens (including phenoxy) is 1. The predicted molar refractivity (Wildman–Crippen MR) is 76.2 cm³/mol. The molecule has 19 heavy (non-hydrogen) atoms. The van der Waals surface area contributed by atoms with Crippen molar-refractivity contribution in [1.82, 2.24) is 0 Å². The average molecular weight is 282 g/mol. The van der Waals surface area contributed by atoms with Crippen molar-refractivity contribution in [2.75, 3.05) is 13.2 Å². The molecule has 0 N–H and O–H groups in total. The molecule has 1 heterocycles. The van der Waals surface area contributed by atoms with Crippen LogP contribution in [0.1, 0.15) is 45.1 Å². The van der Waals surface area contributed by atoms with Crippen LogP contribution >= 0.6 is 0 Å². The minimum absolute atomic E-state index is 0.331. The van der Waals surface area contributed by atoms with Crippen LogP contribution in [0.4, 0.5) is 0 Å². The molecule has 1 fully saturated rings. The molecule has 1 aliphatic heterocycles. The summed E-state index contributed by atoms with van der Waals surface area (Å²) in [4.78, 5) is 0.447. The van der Waals surface area contributed by atoms with Crippen molar-refractivity contribution < 1.29 is 13.2 Å². The molecule has 0 saturated carbocycles. The Labute approximate surface area is 115 Å². The quantitative estimate of drug-likeness (QED) is 0.855. The summed E-state index contributed by atoms with van der Waals surface area (Å²) < 4.78 is 30.3. The summed E-state index contributed by atoms with van der Waals surface area (Å²) in [6.45, 7) is 7.04. The highest BCUT2D eigenvalue weighted by molar-refractivity contribution is 7.92. The lowest BCUT2D eigenvalue weighted by molar-refractivity contribution is 0.0789. The summed E-state index contributed by atoms with van der Waals surface area (Å²) in [5.41, 5.74) is 1.07. The first kappa shape index (κ1) is 14.5. The largest absolute Gasteiger partial charge is 0.381 e. The summed E-state index contributed by atoms with van der Waals surface area (Å²) in [7, 11) is -3.30. The van der Waals surface area contributed by atoms with Crippen molar-refractivity contribution in [3.8, 4) is 0 Å². The Balaban J connectivity index is 2.41. The Hall–Kier alpha value is -0.870. The van der Waals surface area contributed by atoms with Crippen molar-refractivity contribution in [2.24, 2.45) is 0 Å². The molecule has 2 rings (SSSR count). The highest BCUT2D eigenvalue weighted by Crippen LogP contribution is 2.35. The zero-order valence-electron chi connectivity index (χ0n) is 11.8. The second kappa shape index (κ2) is 5.25. The fourth-order valence-corrected chi connectivity index (χ4v) is 4.22. The van der Waals surface area contributed by atoms with Crippen molar-refractivity contribution in [3.63, 3.8) is 0 Å². The molecule has 0 unspecified atom stereocenters. The van der Waals surface area contributed by atoms with E-state index in [1.807, 2.05) is 25.1 Å². The van der Waals surface area contributed by atoms with Gasteiger partial charge in [0.1, 0.15) is 0 Å². The molecule has 0 radical (unpaired) electrons. The number of hydrogen-bond donors (Lipinski definition) is 0. The Kier molecular flexibility index (Phi) is 4.02. The van der Waals surface area contributed by atoms with Gasteiger partial charge in [0.25, 0.3) is 0 Å². The van der Waals surface area contributed by atoms with Crippen LogP contribution < -0.4 is 0 Å². The molecule has 3 nitrogen and oxygen atoms in total. The molecule has 0 aromatic heterocycles. The van der Waals surface area contributed by atoms with Crippen LogP contribution in [-0.2, 0) is 14.6 Å². The van der Waals surface area contributed by atoms with Crippen molar-refractivity contribution in [1.29, 1.82) is 0 Å². The third-order valence-electron chi connectivity index (χ3n) is 4.03. The van der Waals surface area contributed by atoms with Gasteiger partial charge >= 0.3 is 0 Å². The van der Waals surface area contributed by atoms with Gasteiger partial charge in [-0.3, -0.25) is 0 Å². The zero-order valence-corrected chi connectivity index (χ0v) is 12.7. The lowest BCUT2D eigenvalue weighted by Crippen LogP contribution is -2.41. The normalized spacial score (nSPS) is 19.6. The second-order valence-corrected chi connectivity index (χ2v) is 8.26. The molecule has 1 aromatic carbocycles. The van der Waals surface area contributed by atoms with E-state index in [1.165, 1.54) is 0 Å². The van der Waals surface area contributed by atoms with Gasteiger partial charge in [0, 0.05) is 13.2 Å². The Morgan fingerprint density at radius 1 is 1.21 bits per heavy atom. The van der Waals surface area contributed by atoms with Gasteiger partial charge in [-0.05, 0) is 43.4 Å². The van der Waals surface area contributed by atoms with Crippen molar-refractivity contribution >= 4 is 9.84 Å². The fraction of sp³-hybridized carbons (Fsp3) is 0.600. The molecule has 0 bridgehead atoms. The van der Waals surface area contributed by atoms with Gasteiger partial charge in [0.15, 0.2) is 9.84 Å². The molecular formula is C15H22O3S. The Morgan fingerprint density at radius 2 is 1.84 bits per heavy atom. The molecule has 106 valence electrons. The van der Waals surface area contributed by atoms with E-state index >= 15 is 0 Å². The number of rotatable bonds is 3. The van der Waals surface area contributed by atoms with E-state index in [1.54, 1.807) is 6.07 Å². The third kappa shape index (κ3) is 2.70. The molecule has 1 aromatic rings. The first-order valence-electron chi connectivity index (χ1n) is 6.79. The van der Waals surface area contributed by atoms with Crippen LogP contribution in [-0.4, -0.2) is 26.4 Å². The van der Waals surface area contributed by atoms with E-state index in [0.717, 1.165) is 5.56 Å². The highest BCUT2D eigenvalue weighted by atomic mass is 32.2. The van der Waals surface area contributed by atoms with Crippen LogP contribution in [0.2, 0.25) is 0 Å². The SMILES string of the molecule is CC(C)c1cccc(S(=O)(=O)C2(C)CCOCC2)c1. The maximum Gasteiger partial charge on any atom is 0.183 e. The highest BCUT2D eigenvalue weighted by Gasteiger charge is 2.41. The number of hydrogen-bond acceptors (Lipinski definition) is 3. The van der Waals surface area contributed by atoms with E-state index in [-0.39, 0.29) is 0 Å². The van der Waals surface area contributed by atoms with Crippen LogP contribution in [0.5, 0.6) is 0 Å². The maximum atomic E-state index is 12.8. The van der Waals surface area contributed by atoms with Crippen molar-refractivity contribution in [2.45, 2.75) is 49.2 Å². The van der Waals surface area contributed by atoms with Crippen LogP contribution in [0.3, 0.4) is 0 Å². The van der Waals surface area contributed by atoms with E-state index in [9.17, 15) is 8.42 Å². The lowest BCUT2D eigenvalue weighted by atomic mass is 10.0. The van der Waals surface area contributed by atoms with Crippen LogP contribution in [0.25, 0.3) is 0 Å². The molecule has 0 amide bonds. The number of sulfone groups is 1. The summed E-state index contributed by atoms with van der Waals surface area (Å²) in [5.74, 6) is 0.331. The maximum absolute atomic E-state index is 12.8. The lowest BCUT2D eigenvalue weighted by Gasteiger charge is -2.33. The van der Waals surface area contributed by atoms with Gasteiger partial charge in [-0.2, -0.15) is 0 Å². The molecule has 0 aliphatic carbocycles. The first-order chi connectivity index (χ1) is 8.87. The van der Waals surface area contributed by atoms with Crippen molar-refractivity contribution in [3.05, 3.63) is 29.8 Å². The molecule has 0 atom stereocenters. The zero-order chi connectivity index (χ0) is 14.1. The summed E-state index contributed by atoms with van der Waals surface area (Å²) in [6, 6.07) is 7.35. The van der Waals surface area contributed by atoms with E-state index in [4.69, 9.17) is 4.74 Å². The smallest absolute Gasteiger partial charge is 0.183 e. The molecule has 1 aliphatic rings. The average Bonchev–Trinajstić information content (AvgIpc) is 2.39. The van der Waals surface area contributed by atoms with Gasteiger partial charge in [-0.1, -0.05) is 26.0 Å². The second-order valence-electron chi connectivity index (χ2n) is 5.79. The van der Waals surface area contributed by atoms with Gasteiger partial charge in [-0.25, -0.2) is 8.42 Å². The Morgan fingerprint density at radius 3 is 2.42 bits per heavy atom. The minimum atomic E-state index is -3.30. The van der Waals surface area contributed by atoms with Crippen LogP contribution in [0.15, 0.2) is 29.2 Å². The number of benzene rings is 1. The first-order valence-corrected chi connectivity index (χ1v) is 8.27. The van der Waals surface area contributed by atoms with E-state index in [2.05, 4.69) is 13.8 Å². The summed E-state index contributed by atoms with van der Waals surface area (Å²) in [6.07, 6.45) is 1.14. The van der Waals surface area contributed by atoms with Gasteiger partial charge in [0.05, 0.1) is 9.64 Å². The molecule has 1 saturated heterocycles. The van der Waals surface area contributed by atoms with Crippen LogP contribution in [0, 0.1) is 0 Å². The monoisotopic (exact) mass is 282 g/mol. The summed E-state index contributed by atoms with van der Waals surface area (Å²) >= 11 is 0. The third-order valence-corrected chi connectivity index (χ3v) is 6.61. The predicted octanol–water partition coefficient (Wildman–Crippen LogP) is 3.15. The topological polar surface area (TPSA) is 43.4 Å². The fourth-order valence-electron chi connectivity index (χ4n) is 2.40. The molecule has 0 spiro atoms. The molecule has 4 heteroatoms. The van der Waals surface area contributed by atoms with E-state index < -0.39 is 14.6 Å². The minimum Gasteiger partial charge on any atom is -0.381 e. The van der Waals surface area contributed by atoms with Gasteiger partial charge in [0.2, 0.25) is 0 Å². The standard InChI is InChI=1S/C15H22O3S/c1-12(2)13-5-4-6-14(11-13)19(16,17)15(3)7-9-18-10-8-15/h4-6,11-12H,7-10H2,1-3H3. The molecular weight excluding hydrogens is 260 g/mol. The van der Waals surface area contributed by atoms with Gasteiger partial charge < -0.3 is 4.74 Å². The van der Waals surface area contributed by atoms with E-state index in [0.29, 0.717) is 36.9 Å². The summed E-state index contributed by atoms with van der Waals surface area (Å²) in [5, 5.41) is 0. The Bertz CT molecular complexity index is 540. The van der Waals surface area contributed by atoms with Gasteiger partial charge in [-0.15, -0.1) is 0 Å².